The Kier molecular flexibility index (Phi) is 8.32. The second kappa shape index (κ2) is 10.7. The standard InChI is InChI=1S/C20H24N2O6S/c1-27-14-13-21-29(25,26)18-9-5-16(6-10-18)22-20(24)12-11-19(23)15-3-7-17(28-2)8-4-15/h3-10,21H,11-14H2,1-2H3,(H,22,24). The number of benzene rings is 2. The van der Waals surface area contributed by atoms with Crippen LogP contribution in [0.1, 0.15) is 23.2 Å². The molecule has 2 aromatic rings. The summed E-state index contributed by atoms with van der Waals surface area (Å²) in [5, 5.41) is 2.65. The molecule has 9 heteroatoms. The summed E-state index contributed by atoms with van der Waals surface area (Å²) in [4.78, 5) is 24.3. The third-order valence-electron chi connectivity index (χ3n) is 4.04. The zero-order valence-corrected chi connectivity index (χ0v) is 17.1. The number of Topliss-reactive ketones (excluding diaryl/α,β-unsaturated/α-hetero) is 1. The Hall–Kier alpha value is -2.75. The van der Waals surface area contributed by atoms with Gasteiger partial charge >= 0.3 is 0 Å². The number of methoxy groups -OCH3 is 2. The number of ether oxygens (including phenoxy) is 2. The first-order valence-electron chi connectivity index (χ1n) is 8.91. The fraction of sp³-hybridized carbons (Fsp3) is 0.300. The second-order valence-electron chi connectivity index (χ2n) is 6.11. The SMILES string of the molecule is COCCNS(=O)(=O)c1ccc(NC(=O)CCC(=O)c2ccc(OC)cc2)cc1. The molecule has 2 aromatic carbocycles. The van der Waals surface area contributed by atoms with E-state index in [1.807, 2.05) is 0 Å². The predicted molar refractivity (Wildman–Crippen MR) is 109 cm³/mol. The minimum Gasteiger partial charge on any atom is -0.497 e. The molecule has 0 aliphatic carbocycles. The molecular weight excluding hydrogens is 396 g/mol. The van der Waals surface area contributed by atoms with Crippen LogP contribution in [-0.4, -0.2) is 47.5 Å². The number of hydrogen-bond donors (Lipinski definition) is 2. The van der Waals surface area contributed by atoms with Crippen LogP contribution in [-0.2, 0) is 19.6 Å². The Balaban J connectivity index is 1.86. The van der Waals surface area contributed by atoms with E-state index < -0.39 is 10.0 Å². The molecule has 0 unspecified atom stereocenters. The Morgan fingerprint density at radius 2 is 1.59 bits per heavy atom. The lowest BCUT2D eigenvalue weighted by Gasteiger charge is -2.08. The van der Waals surface area contributed by atoms with Gasteiger partial charge in [-0.2, -0.15) is 0 Å². The van der Waals surface area contributed by atoms with Crippen molar-refractivity contribution in [1.82, 2.24) is 4.72 Å². The molecule has 2 rings (SSSR count). The zero-order valence-electron chi connectivity index (χ0n) is 16.3. The van der Waals surface area contributed by atoms with Crippen LogP contribution in [0.4, 0.5) is 5.69 Å². The van der Waals surface area contributed by atoms with E-state index in [1.165, 1.54) is 31.4 Å². The van der Waals surface area contributed by atoms with Gasteiger partial charge in [0.25, 0.3) is 0 Å². The van der Waals surface area contributed by atoms with Crippen LogP contribution in [0, 0.1) is 0 Å². The maximum Gasteiger partial charge on any atom is 0.240 e. The van der Waals surface area contributed by atoms with Crippen molar-refractivity contribution < 1.29 is 27.5 Å². The monoisotopic (exact) mass is 420 g/mol. The molecule has 2 N–H and O–H groups in total. The molecule has 0 aliphatic heterocycles. The summed E-state index contributed by atoms with van der Waals surface area (Å²) in [5.74, 6) is 0.172. The molecular formula is C20H24N2O6S. The van der Waals surface area contributed by atoms with E-state index in [4.69, 9.17) is 9.47 Å². The Labute approximate surface area is 170 Å². The number of sulfonamides is 1. The molecule has 0 fully saturated rings. The van der Waals surface area contributed by atoms with Crippen molar-refractivity contribution in [1.29, 1.82) is 0 Å². The second-order valence-corrected chi connectivity index (χ2v) is 7.88. The summed E-state index contributed by atoms with van der Waals surface area (Å²) < 4.78 is 36.4. The van der Waals surface area contributed by atoms with Gasteiger partial charge in [-0.1, -0.05) is 0 Å². The van der Waals surface area contributed by atoms with Crippen LogP contribution in [0.5, 0.6) is 5.75 Å². The van der Waals surface area contributed by atoms with E-state index in [0.29, 0.717) is 17.0 Å². The van der Waals surface area contributed by atoms with Crippen molar-refractivity contribution in [3.8, 4) is 5.75 Å². The van der Waals surface area contributed by atoms with Crippen molar-refractivity contribution in [2.45, 2.75) is 17.7 Å². The Morgan fingerprint density at radius 3 is 2.17 bits per heavy atom. The molecule has 0 bridgehead atoms. The van der Waals surface area contributed by atoms with Gasteiger partial charge in [0.15, 0.2) is 5.78 Å². The first-order valence-corrected chi connectivity index (χ1v) is 10.4. The number of rotatable bonds is 11. The summed E-state index contributed by atoms with van der Waals surface area (Å²) in [7, 11) is -0.606. The number of nitrogens with one attached hydrogen (secondary N) is 2. The van der Waals surface area contributed by atoms with Crippen molar-refractivity contribution >= 4 is 27.4 Å². The van der Waals surface area contributed by atoms with E-state index in [-0.39, 0.29) is 42.6 Å². The molecule has 0 saturated heterocycles. The van der Waals surface area contributed by atoms with Crippen molar-refractivity contribution in [2.75, 3.05) is 32.7 Å². The molecule has 0 atom stereocenters. The van der Waals surface area contributed by atoms with E-state index in [2.05, 4.69) is 10.0 Å². The lowest BCUT2D eigenvalue weighted by Crippen LogP contribution is -2.27. The molecule has 1 amide bonds. The molecule has 0 spiro atoms. The number of amides is 1. The molecule has 29 heavy (non-hydrogen) atoms. The quantitative estimate of drug-likeness (QED) is 0.426. The van der Waals surface area contributed by atoms with Gasteiger partial charge in [-0.15, -0.1) is 0 Å². The minimum atomic E-state index is -3.63. The molecule has 0 heterocycles. The number of carbonyl (C=O) groups is 2. The summed E-state index contributed by atoms with van der Waals surface area (Å²) in [5.41, 5.74) is 0.955. The van der Waals surface area contributed by atoms with Crippen LogP contribution in [0.2, 0.25) is 0 Å². The summed E-state index contributed by atoms with van der Waals surface area (Å²) in [6, 6.07) is 12.5. The minimum absolute atomic E-state index is 0.0173. The van der Waals surface area contributed by atoms with E-state index in [0.717, 1.165) is 0 Å². The molecule has 8 nitrogen and oxygen atoms in total. The van der Waals surface area contributed by atoms with Gasteiger partial charge < -0.3 is 14.8 Å². The maximum atomic E-state index is 12.2. The first kappa shape index (κ1) is 22.5. The third kappa shape index (κ3) is 6.97. The predicted octanol–water partition coefficient (Wildman–Crippen LogP) is 2.22. The van der Waals surface area contributed by atoms with Gasteiger partial charge in [0.05, 0.1) is 18.6 Å². The van der Waals surface area contributed by atoms with E-state index in [9.17, 15) is 18.0 Å². The highest BCUT2D eigenvalue weighted by Crippen LogP contribution is 2.16. The topological polar surface area (TPSA) is 111 Å². The van der Waals surface area contributed by atoms with Crippen LogP contribution >= 0.6 is 0 Å². The van der Waals surface area contributed by atoms with Crippen LogP contribution < -0.4 is 14.8 Å². The summed E-state index contributed by atoms with van der Waals surface area (Å²) >= 11 is 0. The number of anilines is 1. The fourth-order valence-corrected chi connectivity index (χ4v) is 3.46. The summed E-state index contributed by atoms with van der Waals surface area (Å²) in [6.45, 7) is 0.433. The lowest BCUT2D eigenvalue weighted by molar-refractivity contribution is -0.116. The maximum absolute atomic E-state index is 12.2. The zero-order chi connectivity index (χ0) is 21.3. The summed E-state index contributed by atoms with van der Waals surface area (Å²) in [6.07, 6.45) is 0.0809. The Bertz CT molecular complexity index is 924. The number of carbonyl (C=O) groups excluding carboxylic acids is 2. The molecule has 0 aromatic heterocycles. The average Bonchev–Trinajstić information content (AvgIpc) is 2.72. The highest BCUT2D eigenvalue weighted by molar-refractivity contribution is 7.89. The molecule has 0 radical (unpaired) electrons. The van der Waals surface area contributed by atoms with Gasteiger partial charge in [-0.05, 0) is 48.5 Å². The van der Waals surface area contributed by atoms with Crippen molar-refractivity contribution in [3.05, 3.63) is 54.1 Å². The van der Waals surface area contributed by atoms with Gasteiger partial charge in [0.2, 0.25) is 15.9 Å². The van der Waals surface area contributed by atoms with Crippen LogP contribution in [0.25, 0.3) is 0 Å². The van der Waals surface area contributed by atoms with Gasteiger partial charge in [0, 0.05) is 37.7 Å². The lowest BCUT2D eigenvalue weighted by atomic mass is 10.1. The van der Waals surface area contributed by atoms with Crippen molar-refractivity contribution in [2.24, 2.45) is 0 Å². The largest absolute Gasteiger partial charge is 0.497 e. The Morgan fingerprint density at radius 1 is 0.931 bits per heavy atom. The highest BCUT2D eigenvalue weighted by Gasteiger charge is 2.14. The number of hydrogen-bond acceptors (Lipinski definition) is 6. The molecule has 156 valence electrons. The van der Waals surface area contributed by atoms with Crippen LogP contribution in [0.15, 0.2) is 53.4 Å². The normalized spacial score (nSPS) is 11.1. The van der Waals surface area contributed by atoms with E-state index >= 15 is 0 Å². The first-order chi connectivity index (χ1) is 13.9. The fourth-order valence-electron chi connectivity index (χ4n) is 2.45. The van der Waals surface area contributed by atoms with Gasteiger partial charge in [0.1, 0.15) is 5.75 Å². The number of ketones is 1. The molecule has 0 aliphatic rings. The van der Waals surface area contributed by atoms with Gasteiger partial charge in [-0.3, -0.25) is 9.59 Å². The van der Waals surface area contributed by atoms with Crippen LogP contribution in [0.3, 0.4) is 0 Å². The van der Waals surface area contributed by atoms with Crippen molar-refractivity contribution in [3.63, 3.8) is 0 Å². The average molecular weight is 420 g/mol. The smallest absolute Gasteiger partial charge is 0.240 e. The van der Waals surface area contributed by atoms with E-state index in [1.54, 1.807) is 31.4 Å². The highest BCUT2D eigenvalue weighted by atomic mass is 32.2. The van der Waals surface area contributed by atoms with Gasteiger partial charge in [-0.25, -0.2) is 13.1 Å². The molecule has 0 saturated carbocycles. The third-order valence-corrected chi connectivity index (χ3v) is 5.51.